The van der Waals surface area contributed by atoms with E-state index >= 15 is 0 Å². The molecular weight excluding hydrogens is 254 g/mol. The minimum absolute atomic E-state index is 0.0373. The number of hydrogen-bond donors (Lipinski definition) is 1. The van der Waals surface area contributed by atoms with E-state index in [1.165, 1.54) is 44.8 Å². The van der Waals surface area contributed by atoms with Gasteiger partial charge in [-0.2, -0.15) is 0 Å². The van der Waals surface area contributed by atoms with Crippen molar-refractivity contribution >= 4 is 5.97 Å². The monoisotopic (exact) mass is 275 g/mol. The highest BCUT2D eigenvalue weighted by molar-refractivity contribution is 5.69. The van der Waals surface area contributed by atoms with Gasteiger partial charge in [0.15, 0.2) is 5.89 Å². The Morgan fingerprint density at radius 2 is 1.85 bits per heavy atom. The molecule has 4 nitrogen and oxygen atoms in total. The summed E-state index contributed by atoms with van der Waals surface area (Å²) in [6.45, 7) is 0. The maximum atomic E-state index is 10.7. The number of hydrogen-bond acceptors (Lipinski definition) is 3. The number of nitrogens with zero attached hydrogens (tertiary/aromatic N) is 1. The van der Waals surface area contributed by atoms with Crippen LogP contribution in [0.15, 0.2) is 10.7 Å². The highest BCUT2D eigenvalue weighted by Crippen LogP contribution is 2.60. The van der Waals surface area contributed by atoms with Crippen molar-refractivity contribution in [1.29, 1.82) is 0 Å². The van der Waals surface area contributed by atoms with Gasteiger partial charge in [-0.05, 0) is 61.7 Å². The highest BCUT2D eigenvalue weighted by atomic mass is 16.4. The number of aromatic nitrogens is 1. The summed E-state index contributed by atoms with van der Waals surface area (Å²) in [4.78, 5) is 15.1. The number of carboxylic acids is 1. The molecule has 0 unspecified atom stereocenters. The average Bonchev–Trinajstić information content (AvgIpc) is 2.72. The van der Waals surface area contributed by atoms with Crippen LogP contribution >= 0.6 is 0 Å². The molecule has 5 rings (SSSR count). The second-order valence-electron chi connectivity index (χ2n) is 7.40. The smallest absolute Gasteiger partial charge is 0.309 e. The lowest BCUT2D eigenvalue weighted by molar-refractivity contribution is -0.136. The topological polar surface area (TPSA) is 63.3 Å². The third-order valence-corrected chi connectivity index (χ3v) is 5.62. The first-order valence-electron chi connectivity index (χ1n) is 7.75. The number of carboxylic acid groups (broad SMARTS) is 1. The highest BCUT2D eigenvalue weighted by Gasteiger charge is 2.51. The van der Waals surface area contributed by atoms with Gasteiger partial charge in [0, 0.05) is 6.42 Å². The summed E-state index contributed by atoms with van der Waals surface area (Å²) < 4.78 is 5.53. The number of oxazole rings is 1. The third kappa shape index (κ3) is 2.15. The Kier molecular flexibility index (Phi) is 2.69. The minimum Gasteiger partial charge on any atom is -0.481 e. The van der Waals surface area contributed by atoms with E-state index in [2.05, 4.69) is 4.98 Å². The van der Waals surface area contributed by atoms with Crippen molar-refractivity contribution in [2.45, 2.75) is 51.4 Å². The van der Waals surface area contributed by atoms with Crippen LogP contribution in [-0.2, 0) is 17.6 Å². The van der Waals surface area contributed by atoms with E-state index in [0.717, 1.165) is 30.1 Å². The van der Waals surface area contributed by atoms with E-state index in [-0.39, 0.29) is 6.42 Å². The molecule has 0 aliphatic heterocycles. The average molecular weight is 275 g/mol. The Morgan fingerprint density at radius 3 is 2.40 bits per heavy atom. The normalized spacial score (nSPS) is 38.3. The predicted molar refractivity (Wildman–Crippen MR) is 72.2 cm³/mol. The van der Waals surface area contributed by atoms with Crippen LogP contribution in [0.3, 0.4) is 0 Å². The van der Waals surface area contributed by atoms with Crippen molar-refractivity contribution in [2.24, 2.45) is 23.2 Å². The molecular formula is C16H21NO3. The fourth-order valence-corrected chi connectivity index (χ4v) is 5.49. The molecule has 4 aliphatic carbocycles. The quantitative estimate of drug-likeness (QED) is 0.917. The van der Waals surface area contributed by atoms with Gasteiger partial charge in [-0.1, -0.05) is 0 Å². The van der Waals surface area contributed by atoms with Crippen molar-refractivity contribution in [1.82, 2.24) is 4.98 Å². The van der Waals surface area contributed by atoms with Crippen LogP contribution in [0.1, 0.15) is 50.1 Å². The van der Waals surface area contributed by atoms with Gasteiger partial charge in [-0.25, -0.2) is 4.98 Å². The zero-order valence-corrected chi connectivity index (χ0v) is 11.7. The molecule has 20 heavy (non-hydrogen) atoms. The van der Waals surface area contributed by atoms with Crippen LogP contribution in [0.5, 0.6) is 0 Å². The third-order valence-electron chi connectivity index (χ3n) is 5.62. The summed E-state index contributed by atoms with van der Waals surface area (Å²) in [5, 5.41) is 8.80. The van der Waals surface area contributed by atoms with E-state index < -0.39 is 5.97 Å². The number of aliphatic carboxylic acids is 1. The van der Waals surface area contributed by atoms with Crippen LogP contribution in [-0.4, -0.2) is 16.1 Å². The van der Waals surface area contributed by atoms with E-state index in [0.29, 0.717) is 11.1 Å². The van der Waals surface area contributed by atoms with Crippen molar-refractivity contribution in [3.63, 3.8) is 0 Å². The Morgan fingerprint density at radius 1 is 1.25 bits per heavy atom. The van der Waals surface area contributed by atoms with E-state index in [1.54, 1.807) is 0 Å². The zero-order valence-electron chi connectivity index (χ0n) is 11.7. The van der Waals surface area contributed by atoms with Crippen LogP contribution < -0.4 is 0 Å². The first-order chi connectivity index (χ1) is 9.60. The Labute approximate surface area is 118 Å². The largest absolute Gasteiger partial charge is 0.481 e. The molecule has 4 bridgehead atoms. The Hall–Kier alpha value is -1.32. The molecule has 1 aromatic heterocycles. The lowest BCUT2D eigenvalue weighted by Gasteiger charge is -2.56. The van der Waals surface area contributed by atoms with Crippen molar-refractivity contribution in [2.75, 3.05) is 0 Å². The summed E-state index contributed by atoms with van der Waals surface area (Å²) in [6, 6.07) is 0. The molecule has 0 atom stereocenters. The molecule has 0 radical (unpaired) electrons. The van der Waals surface area contributed by atoms with Crippen LogP contribution in [0.25, 0.3) is 0 Å². The maximum Gasteiger partial charge on any atom is 0.309 e. The first kappa shape index (κ1) is 12.4. The maximum absolute atomic E-state index is 10.7. The van der Waals surface area contributed by atoms with Crippen molar-refractivity contribution in [3.05, 3.63) is 17.8 Å². The summed E-state index contributed by atoms with van der Waals surface area (Å²) in [5.41, 5.74) is 0.956. The van der Waals surface area contributed by atoms with Crippen LogP contribution in [0.2, 0.25) is 0 Å². The lowest BCUT2D eigenvalue weighted by atomic mass is 9.49. The zero-order chi connectivity index (χ0) is 13.7. The van der Waals surface area contributed by atoms with Gasteiger partial charge in [0.2, 0.25) is 0 Å². The van der Waals surface area contributed by atoms with E-state index in [4.69, 9.17) is 9.52 Å². The van der Waals surface area contributed by atoms with Gasteiger partial charge in [0.25, 0.3) is 0 Å². The number of carbonyl (C=O) groups is 1. The number of rotatable bonds is 4. The second kappa shape index (κ2) is 4.34. The van der Waals surface area contributed by atoms with Crippen molar-refractivity contribution in [3.8, 4) is 0 Å². The summed E-state index contributed by atoms with van der Waals surface area (Å²) in [6.07, 6.45) is 10.7. The van der Waals surface area contributed by atoms with Crippen molar-refractivity contribution < 1.29 is 14.3 Å². The minimum atomic E-state index is -0.848. The summed E-state index contributed by atoms with van der Waals surface area (Å²) in [5.74, 6) is 2.68. The molecule has 0 saturated heterocycles. The van der Waals surface area contributed by atoms with Crippen LogP contribution in [0, 0.1) is 23.2 Å². The van der Waals surface area contributed by atoms with Gasteiger partial charge in [0.1, 0.15) is 6.26 Å². The SMILES string of the molecule is O=C(O)Cc1coc(CC23CC4CC(CC(C4)C2)C3)n1. The van der Waals surface area contributed by atoms with Gasteiger partial charge in [-0.15, -0.1) is 0 Å². The lowest BCUT2D eigenvalue weighted by Crippen LogP contribution is -2.47. The molecule has 0 aromatic carbocycles. The molecule has 1 aromatic rings. The standard InChI is InChI=1S/C16H21NO3/c18-15(19)4-13-9-20-14(17-13)8-16-5-10-1-11(6-16)3-12(2-10)7-16/h9-12H,1-8H2,(H,18,19). The van der Waals surface area contributed by atoms with Gasteiger partial charge >= 0.3 is 5.97 Å². The predicted octanol–water partition coefficient (Wildman–Crippen LogP) is 3.06. The summed E-state index contributed by atoms with van der Waals surface area (Å²) >= 11 is 0. The summed E-state index contributed by atoms with van der Waals surface area (Å²) in [7, 11) is 0. The first-order valence-corrected chi connectivity index (χ1v) is 7.75. The Bertz CT molecular complexity index is 498. The fourth-order valence-electron chi connectivity index (χ4n) is 5.49. The molecule has 1 N–H and O–H groups in total. The fraction of sp³-hybridized carbons (Fsp3) is 0.750. The molecule has 4 saturated carbocycles. The molecule has 1 heterocycles. The van der Waals surface area contributed by atoms with Gasteiger partial charge < -0.3 is 9.52 Å². The molecule has 108 valence electrons. The van der Waals surface area contributed by atoms with E-state index in [1.807, 2.05) is 0 Å². The second-order valence-corrected chi connectivity index (χ2v) is 7.40. The molecule has 4 fully saturated rings. The van der Waals surface area contributed by atoms with Gasteiger partial charge in [-0.3, -0.25) is 4.79 Å². The molecule has 4 aliphatic rings. The molecule has 4 heteroatoms. The molecule has 0 spiro atoms. The van der Waals surface area contributed by atoms with Gasteiger partial charge in [0.05, 0.1) is 12.1 Å². The van der Waals surface area contributed by atoms with Crippen LogP contribution in [0.4, 0.5) is 0 Å². The Balaban J connectivity index is 1.51. The molecule has 0 amide bonds. The van der Waals surface area contributed by atoms with E-state index in [9.17, 15) is 4.79 Å².